The fourth-order valence-electron chi connectivity index (χ4n) is 3.73. The van der Waals surface area contributed by atoms with Gasteiger partial charge in [-0.15, -0.1) is 11.8 Å². The molecule has 0 unspecified atom stereocenters. The van der Waals surface area contributed by atoms with E-state index in [1.165, 1.54) is 4.90 Å². The summed E-state index contributed by atoms with van der Waals surface area (Å²) in [5, 5.41) is 3.01. The van der Waals surface area contributed by atoms with Crippen molar-refractivity contribution in [3.05, 3.63) is 102 Å². The van der Waals surface area contributed by atoms with Gasteiger partial charge in [-0.1, -0.05) is 72.8 Å². The van der Waals surface area contributed by atoms with Crippen LogP contribution in [0.25, 0.3) is 0 Å². The number of carbonyl (C=O) groups is 2. The summed E-state index contributed by atoms with van der Waals surface area (Å²) in [7, 11) is 0. The zero-order valence-corrected chi connectivity index (χ0v) is 17.0. The molecule has 0 radical (unpaired) electrons. The Hall–Kier alpha value is -3.05. The van der Waals surface area contributed by atoms with Crippen molar-refractivity contribution >= 4 is 23.7 Å². The summed E-state index contributed by atoms with van der Waals surface area (Å²) in [6, 6.07) is 26.9. The lowest BCUT2D eigenvalue weighted by Gasteiger charge is -2.27. The van der Waals surface area contributed by atoms with E-state index in [4.69, 9.17) is 0 Å². The lowest BCUT2D eigenvalue weighted by molar-refractivity contribution is -0.132. The molecule has 1 aliphatic rings. The SMILES string of the molecule is CSc1ccc(CN2C(=O)N[C@@](Cc3ccccc3)(c3ccccc3)C2=O)cc1. The number of imide groups is 1. The summed E-state index contributed by atoms with van der Waals surface area (Å²) in [4.78, 5) is 29.0. The second kappa shape index (κ2) is 8.13. The third-order valence-corrected chi connectivity index (χ3v) is 6.00. The highest BCUT2D eigenvalue weighted by atomic mass is 32.2. The van der Waals surface area contributed by atoms with Crippen LogP contribution in [-0.4, -0.2) is 23.1 Å². The molecule has 4 nitrogen and oxygen atoms in total. The highest BCUT2D eigenvalue weighted by Crippen LogP contribution is 2.33. The van der Waals surface area contributed by atoms with Gasteiger partial charge in [-0.05, 0) is 35.1 Å². The molecular weight excluding hydrogens is 380 g/mol. The lowest BCUT2D eigenvalue weighted by atomic mass is 9.83. The van der Waals surface area contributed by atoms with Gasteiger partial charge in [0.05, 0.1) is 6.54 Å². The van der Waals surface area contributed by atoms with Crippen LogP contribution in [0.3, 0.4) is 0 Å². The van der Waals surface area contributed by atoms with Gasteiger partial charge in [0.25, 0.3) is 5.91 Å². The normalized spacial score (nSPS) is 18.7. The zero-order chi connectivity index (χ0) is 20.3. The summed E-state index contributed by atoms with van der Waals surface area (Å²) in [6.45, 7) is 0.253. The maximum Gasteiger partial charge on any atom is 0.325 e. The summed E-state index contributed by atoms with van der Waals surface area (Å²) in [5.41, 5.74) is 1.62. The molecular formula is C24H22N2O2S. The van der Waals surface area contributed by atoms with Gasteiger partial charge in [0.2, 0.25) is 0 Å². The molecule has 3 aromatic carbocycles. The van der Waals surface area contributed by atoms with Crippen LogP contribution >= 0.6 is 11.8 Å². The Kier molecular flexibility index (Phi) is 5.41. The number of urea groups is 1. The molecule has 1 N–H and O–H groups in total. The Balaban J connectivity index is 1.68. The van der Waals surface area contributed by atoms with Crippen LogP contribution in [0, 0.1) is 0 Å². The van der Waals surface area contributed by atoms with E-state index in [1.54, 1.807) is 11.8 Å². The van der Waals surface area contributed by atoms with E-state index in [1.807, 2.05) is 91.2 Å². The second-order valence-corrected chi connectivity index (χ2v) is 7.98. The predicted molar refractivity (Wildman–Crippen MR) is 116 cm³/mol. The molecule has 29 heavy (non-hydrogen) atoms. The Morgan fingerprint density at radius 1 is 0.828 bits per heavy atom. The number of hydrogen-bond acceptors (Lipinski definition) is 3. The van der Waals surface area contributed by atoms with Gasteiger partial charge in [-0.2, -0.15) is 0 Å². The van der Waals surface area contributed by atoms with Crippen LogP contribution < -0.4 is 5.32 Å². The van der Waals surface area contributed by atoms with Crippen molar-refractivity contribution in [3.63, 3.8) is 0 Å². The summed E-state index contributed by atoms with van der Waals surface area (Å²) in [5.74, 6) is -0.216. The quantitative estimate of drug-likeness (QED) is 0.484. The second-order valence-electron chi connectivity index (χ2n) is 7.10. The molecule has 0 aliphatic carbocycles. The van der Waals surface area contributed by atoms with Gasteiger partial charge in [0.15, 0.2) is 5.54 Å². The number of hydrogen-bond donors (Lipinski definition) is 1. The minimum Gasteiger partial charge on any atom is -0.319 e. The van der Waals surface area contributed by atoms with E-state index in [-0.39, 0.29) is 18.5 Å². The number of nitrogens with zero attached hydrogens (tertiary/aromatic N) is 1. The van der Waals surface area contributed by atoms with Crippen molar-refractivity contribution in [2.24, 2.45) is 0 Å². The smallest absolute Gasteiger partial charge is 0.319 e. The molecule has 146 valence electrons. The molecule has 0 spiro atoms. The Morgan fingerprint density at radius 2 is 1.45 bits per heavy atom. The number of nitrogens with one attached hydrogen (secondary N) is 1. The van der Waals surface area contributed by atoms with Crippen LogP contribution in [0.15, 0.2) is 89.8 Å². The van der Waals surface area contributed by atoms with Crippen molar-refractivity contribution in [1.29, 1.82) is 0 Å². The standard InChI is InChI=1S/C24H22N2O2S/c1-29-21-14-12-19(13-15-21)17-26-22(27)24(25-23(26)28,20-10-6-3-7-11-20)16-18-8-4-2-5-9-18/h2-15H,16-17H2,1H3,(H,25,28)/t24-/m0/s1. The van der Waals surface area contributed by atoms with Crippen molar-refractivity contribution in [3.8, 4) is 0 Å². The largest absolute Gasteiger partial charge is 0.325 e. The van der Waals surface area contributed by atoms with Crippen molar-refractivity contribution < 1.29 is 9.59 Å². The molecule has 0 bridgehead atoms. The minimum absolute atomic E-state index is 0.216. The molecule has 0 saturated carbocycles. The summed E-state index contributed by atoms with van der Waals surface area (Å²) in [6.07, 6.45) is 2.43. The Morgan fingerprint density at radius 3 is 2.07 bits per heavy atom. The summed E-state index contributed by atoms with van der Waals surface area (Å²) >= 11 is 1.66. The zero-order valence-electron chi connectivity index (χ0n) is 16.2. The van der Waals surface area contributed by atoms with E-state index < -0.39 is 5.54 Å². The highest BCUT2D eigenvalue weighted by molar-refractivity contribution is 7.98. The van der Waals surface area contributed by atoms with E-state index in [2.05, 4.69) is 5.32 Å². The van der Waals surface area contributed by atoms with Crippen LogP contribution in [0.4, 0.5) is 4.79 Å². The molecule has 1 heterocycles. The Labute approximate surface area is 174 Å². The lowest BCUT2D eigenvalue weighted by Crippen LogP contribution is -2.46. The molecule has 5 heteroatoms. The first-order chi connectivity index (χ1) is 14.1. The van der Waals surface area contributed by atoms with Crippen LogP contribution in [-0.2, 0) is 23.3 Å². The molecule has 1 aliphatic heterocycles. The Bertz CT molecular complexity index is 1010. The number of carbonyl (C=O) groups excluding carboxylic acids is 2. The maximum absolute atomic E-state index is 13.6. The van der Waals surface area contributed by atoms with E-state index in [0.717, 1.165) is 21.6 Å². The molecule has 3 aromatic rings. The molecule has 3 amide bonds. The number of amides is 3. The van der Waals surface area contributed by atoms with Gasteiger partial charge in [0, 0.05) is 11.3 Å². The monoisotopic (exact) mass is 402 g/mol. The highest BCUT2D eigenvalue weighted by Gasteiger charge is 2.52. The fourth-order valence-corrected chi connectivity index (χ4v) is 4.13. The van der Waals surface area contributed by atoms with Crippen molar-refractivity contribution in [2.75, 3.05) is 6.26 Å². The van der Waals surface area contributed by atoms with E-state index in [0.29, 0.717) is 6.42 Å². The minimum atomic E-state index is -1.10. The molecule has 1 saturated heterocycles. The van der Waals surface area contributed by atoms with Crippen LogP contribution in [0.2, 0.25) is 0 Å². The average molecular weight is 403 g/mol. The van der Waals surface area contributed by atoms with Crippen molar-refractivity contribution in [2.45, 2.75) is 23.4 Å². The number of rotatable bonds is 6. The van der Waals surface area contributed by atoms with Crippen LogP contribution in [0.5, 0.6) is 0 Å². The van der Waals surface area contributed by atoms with Gasteiger partial charge in [-0.25, -0.2) is 4.79 Å². The first-order valence-corrected chi connectivity index (χ1v) is 10.7. The number of thioether (sulfide) groups is 1. The third-order valence-electron chi connectivity index (χ3n) is 5.25. The van der Waals surface area contributed by atoms with E-state index in [9.17, 15) is 9.59 Å². The molecule has 0 aromatic heterocycles. The first-order valence-electron chi connectivity index (χ1n) is 9.49. The topological polar surface area (TPSA) is 49.4 Å². The predicted octanol–water partition coefficient (Wildman–Crippen LogP) is 4.60. The van der Waals surface area contributed by atoms with Crippen molar-refractivity contribution in [1.82, 2.24) is 10.2 Å². The number of benzene rings is 3. The first kappa shape index (κ1) is 19.3. The molecule has 4 rings (SSSR count). The van der Waals surface area contributed by atoms with E-state index >= 15 is 0 Å². The van der Waals surface area contributed by atoms with Gasteiger partial charge in [0.1, 0.15) is 0 Å². The van der Waals surface area contributed by atoms with Gasteiger partial charge < -0.3 is 5.32 Å². The average Bonchev–Trinajstić information content (AvgIpc) is 3.00. The summed E-state index contributed by atoms with van der Waals surface area (Å²) < 4.78 is 0. The molecule has 1 fully saturated rings. The maximum atomic E-state index is 13.6. The third kappa shape index (κ3) is 3.78. The van der Waals surface area contributed by atoms with Crippen LogP contribution in [0.1, 0.15) is 16.7 Å². The fraction of sp³-hybridized carbons (Fsp3) is 0.167. The van der Waals surface area contributed by atoms with Gasteiger partial charge in [-0.3, -0.25) is 9.69 Å². The van der Waals surface area contributed by atoms with Gasteiger partial charge >= 0.3 is 6.03 Å². The molecule has 1 atom stereocenters.